The predicted molar refractivity (Wildman–Crippen MR) is 106 cm³/mol. The summed E-state index contributed by atoms with van der Waals surface area (Å²) in [6.07, 6.45) is 3.62. The van der Waals surface area contributed by atoms with Crippen LogP contribution < -0.4 is 14.6 Å². The molecule has 1 aliphatic heterocycles. The molecule has 0 aromatic heterocycles. The Balaban J connectivity index is 2.11. The van der Waals surface area contributed by atoms with E-state index in [1.54, 1.807) is 38.1 Å². The molecule has 7 nitrogen and oxygen atoms in total. The van der Waals surface area contributed by atoms with E-state index in [2.05, 4.69) is 0 Å². The molecule has 1 aliphatic rings. The number of methoxy groups -OCH3 is 1. The van der Waals surface area contributed by atoms with E-state index in [4.69, 9.17) is 14.2 Å². The first kappa shape index (κ1) is 21.1. The van der Waals surface area contributed by atoms with Gasteiger partial charge in [-0.05, 0) is 37.0 Å². The summed E-state index contributed by atoms with van der Waals surface area (Å²) in [5.74, 6) is -1.82. The average Bonchev–Trinajstić information content (AvgIpc) is 3.07. The van der Waals surface area contributed by atoms with Crippen molar-refractivity contribution in [1.29, 1.82) is 0 Å². The van der Waals surface area contributed by atoms with Crippen molar-refractivity contribution in [2.75, 3.05) is 7.11 Å². The van der Waals surface area contributed by atoms with Crippen LogP contribution >= 0.6 is 0 Å². The van der Waals surface area contributed by atoms with Crippen LogP contribution in [0, 0.1) is 13.8 Å². The number of cyclic esters (lactones) is 1. The molecule has 30 heavy (non-hydrogen) atoms. The Kier molecular flexibility index (Phi) is 5.91. The van der Waals surface area contributed by atoms with Gasteiger partial charge in [0.15, 0.2) is 5.75 Å². The molecule has 2 aromatic rings. The van der Waals surface area contributed by atoms with Gasteiger partial charge in [-0.25, -0.2) is 4.79 Å². The zero-order valence-electron chi connectivity index (χ0n) is 17.2. The molecular formula is C23H21O7-. The van der Waals surface area contributed by atoms with E-state index < -0.39 is 17.9 Å². The Morgan fingerprint density at radius 2 is 1.97 bits per heavy atom. The molecule has 7 heteroatoms. The predicted octanol–water partition coefficient (Wildman–Crippen LogP) is 2.53. The summed E-state index contributed by atoms with van der Waals surface area (Å²) in [5.41, 5.74) is 3.44. The summed E-state index contributed by atoms with van der Waals surface area (Å²) in [7, 11) is 1.49. The van der Waals surface area contributed by atoms with E-state index in [-0.39, 0.29) is 29.9 Å². The summed E-state index contributed by atoms with van der Waals surface area (Å²) in [5, 5.41) is 11.4. The van der Waals surface area contributed by atoms with Gasteiger partial charge in [-0.2, -0.15) is 0 Å². The Labute approximate surface area is 173 Å². The number of benzene rings is 2. The first-order chi connectivity index (χ1) is 14.3. The lowest BCUT2D eigenvalue weighted by Gasteiger charge is -2.18. The largest absolute Gasteiger partial charge is 0.545 e. The van der Waals surface area contributed by atoms with Gasteiger partial charge in [0, 0.05) is 23.6 Å². The van der Waals surface area contributed by atoms with Gasteiger partial charge in [-0.1, -0.05) is 30.4 Å². The summed E-state index contributed by atoms with van der Waals surface area (Å²) in [6.45, 7) is 4.93. The average molecular weight is 409 g/mol. The number of carboxylic acids is 1. The number of carbonyl (C=O) groups excluding carboxylic acids is 3. The summed E-state index contributed by atoms with van der Waals surface area (Å²) < 4.78 is 16.1. The fourth-order valence-electron chi connectivity index (χ4n) is 3.64. The van der Waals surface area contributed by atoms with Crippen LogP contribution in [-0.2, 0) is 22.6 Å². The summed E-state index contributed by atoms with van der Waals surface area (Å²) in [6, 6.07) is 4.92. The highest BCUT2D eigenvalue weighted by Crippen LogP contribution is 2.42. The molecule has 0 saturated heterocycles. The molecular weight excluding hydrogens is 388 g/mol. The van der Waals surface area contributed by atoms with Crippen molar-refractivity contribution in [3.63, 3.8) is 0 Å². The standard InChI is InChI=1S/C23H22O7/c1-12-7-5-9-16(22(25)26)15(12)8-6-10-17-20(28-4)13(2)18-11-29-23(27)19(18)21(17)30-14(3)24/h5-9H,10-11H2,1-4H3,(H,25,26)/p-1/b8-6+. The van der Waals surface area contributed by atoms with Gasteiger partial charge in [0.05, 0.1) is 13.1 Å². The van der Waals surface area contributed by atoms with Crippen LogP contribution in [0.25, 0.3) is 6.08 Å². The number of ether oxygens (including phenoxy) is 3. The molecule has 0 spiro atoms. The molecule has 0 aliphatic carbocycles. The molecule has 3 rings (SSSR count). The maximum atomic E-state index is 12.3. The highest BCUT2D eigenvalue weighted by Gasteiger charge is 2.33. The van der Waals surface area contributed by atoms with E-state index in [1.165, 1.54) is 20.1 Å². The maximum Gasteiger partial charge on any atom is 0.342 e. The van der Waals surface area contributed by atoms with Crippen molar-refractivity contribution in [2.24, 2.45) is 0 Å². The van der Waals surface area contributed by atoms with Gasteiger partial charge in [0.25, 0.3) is 0 Å². The lowest BCUT2D eigenvalue weighted by molar-refractivity contribution is -0.255. The quantitative estimate of drug-likeness (QED) is 0.534. The van der Waals surface area contributed by atoms with Gasteiger partial charge in [0.1, 0.15) is 17.9 Å². The SMILES string of the molecule is COc1c(C)c2c(c(OC(C)=O)c1C/C=C/c1c(C)cccc1C(=O)[O-])C(=O)OC2. The zero-order chi connectivity index (χ0) is 22.0. The molecule has 0 N–H and O–H groups in total. The molecule has 0 atom stereocenters. The van der Waals surface area contributed by atoms with Crippen molar-refractivity contribution in [3.05, 3.63) is 63.2 Å². The number of allylic oxidation sites excluding steroid dienone is 1. The summed E-state index contributed by atoms with van der Waals surface area (Å²) >= 11 is 0. The minimum atomic E-state index is -1.27. The molecule has 0 unspecified atom stereocenters. The first-order valence-electron chi connectivity index (χ1n) is 9.31. The van der Waals surface area contributed by atoms with Crippen LogP contribution in [0.15, 0.2) is 24.3 Å². The molecule has 1 heterocycles. The monoisotopic (exact) mass is 409 g/mol. The van der Waals surface area contributed by atoms with Crippen molar-refractivity contribution < 1.29 is 33.7 Å². The second-order valence-corrected chi connectivity index (χ2v) is 6.92. The second-order valence-electron chi connectivity index (χ2n) is 6.92. The highest BCUT2D eigenvalue weighted by atomic mass is 16.6. The van der Waals surface area contributed by atoms with E-state index in [9.17, 15) is 19.5 Å². The van der Waals surface area contributed by atoms with E-state index >= 15 is 0 Å². The number of hydrogen-bond acceptors (Lipinski definition) is 7. The normalized spacial score (nSPS) is 12.6. The number of hydrogen-bond donors (Lipinski definition) is 0. The van der Waals surface area contributed by atoms with Gasteiger partial charge in [-0.15, -0.1) is 0 Å². The number of rotatable bonds is 6. The van der Waals surface area contributed by atoms with E-state index in [0.717, 1.165) is 11.1 Å². The number of carboxylic acid groups (broad SMARTS) is 1. The minimum Gasteiger partial charge on any atom is -0.545 e. The zero-order valence-corrected chi connectivity index (χ0v) is 17.2. The molecule has 0 bridgehead atoms. The molecule has 0 saturated carbocycles. The van der Waals surface area contributed by atoms with Crippen LogP contribution in [0.4, 0.5) is 0 Å². The summed E-state index contributed by atoms with van der Waals surface area (Å²) in [4.78, 5) is 35.4. The van der Waals surface area contributed by atoms with Gasteiger partial charge >= 0.3 is 11.9 Å². The molecule has 2 aromatic carbocycles. The molecule has 0 amide bonds. The van der Waals surface area contributed by atoms with Crippen LogP contribution in [0.2, 0.25) is 0 Å². The molecule has 156 valence electrons. The van der Waals surface area contributed by atoms with Gasteiger partial charge < -0.3 is 24.1 Å². The van der Waals surface area contributed by atoms with Crippen molar-refractivity contribution >= 4 is 24.0 Å². The van der Waals surface area contributed by atoms with Crippen molar-refractivity contribution in [1.82, 2.24) is 0 Å². The Hall–Kier alpha value is -3.61. The van der Waals surface area contributed by atoms with E-state index in [0.29, 0.717) is 22.4 Å². The third-order valence-electron chi connectivity index (χ3n) is 5.02. The fourth-order valence-corrected chi connectivity index (χ4v) is 3.64. The van der Waals surface area contributed by atoms with Gasteiger partial charge in [0.2, 0.25) is 0 Å². The Morgan fingerprint density at radius 3 is 2.60 bits per heavy atom. The molecule has 0 radical (unpaired) electrons. The smallest absolute Gasteiger partial charge is 0.342 e. The first-order valence-corrected chi connectivity index (χ1v) is 9.31. The fraction of sp³-hybridized carbons (Fsp3) is 0.261. The lowest BCUT2D eigenvalue weighted by atomic mass is 9.94. The van der Waals surface area contributed by atoms with Crippen LogP contribution in [-0.4, -0.2) is 25.0 Å². The Morgan fingerprint density at radius 1 is 1.23 bits per heavy atom. The number of aryl methyl sites for hydroxylation is 1. The number of esters is 2. The van der Waals surface area contributed by atoms with Crippen molar-refractivity contribution in [3.8, 4) is 11.5 Å². The second kappa shape index (κ2) is 8.41. The van der Waals surface area contributed by atoms with E-state index in [1.807, 2.05) is 0 Å². The maximum absolute atomic E-state index is 12.3. The number of carbonyl (C=O) groups is 3. The van der Waals surface area contributed by atoms with Gasteiger partial charge in [-0.3, -0.25) is 4.79 Å². The molecule has 0 fully saturated rings. The third-order valence-corrected chi connectivity index (χ3v) is 5.02. The van der Waals surface area contributed by atoms with Crippen LogP contribution in [0.3, 0.4) is 0 Å². The lowest BCUT2D eigenvalue weighted by Crippen LogP contribution is -2.23. The highest BCUT2D eigenvalue weighted by molar-refractivity contribution is 5.99. The third kappa shape index (κ3) is 3.78. The van der Waals surface area contributed by atoms with Crippen LogP contribution in [0.1, 0.15) is 55.5 Å². The Bertz CT molecular complexity index is 1080. The number of aromatic carboxylic acids is 1. The number of fused-ring (bicyclic) bond motifs is 1. The minimum absolute atomic E-state index is 0.0761. The topological polar surface area (TPSA) is 102 Å². The van der Waals surface area contributed by atoms with Crippen molar-refractivity contribution in [2.45, 2.75) is 33.8 Å². The van der Waals surface area contributed by atoms with Crippen LogP contribution in [0.5, 0.6) is 11.5 Å².